The fraction of sp³-hybridized carbons (Fsp3) is 0.417. The van der Waals surface area contributed by atoms with Gasteiger partial charge in [-0.25, -0.2) is 0 Å². The molecule has 21 heavy (non-hydrogen) atoms. The summed E-state index contributed by atoms with van der Waals surface area (Å²) in [6, 6.07) is 3.10. The van der Waals surface area contributed by atoms with Crippen LogP contribution in [-0.4, -0.2) is 14.2 Å². The number of ether oxygens (including phenoxy) is 1. The van der Waals surface area contributed by atoms with Gasteiger partial charge in [0.05, 0.1) is 15.1 Å². The standard InChI is InChI=1S/C12H9Cl6IO2/c1-6(20)21-11(5-19,4-12(16,17)18)7-2-8(13)10(15)9(14)3-7/h2-3H,4-5H2,1H3. The van der Waals surface area contributed by atoms with Gasteiger partial charge < -0.3 is 4.74 Å². The largest absolute Gasteiger partial charge is 0.453 e. The van der Waals surface area contributed by atoms with Gasteiger partial charge in [-0.3, -0.25) is 4.79 Å². The van der Waals surface area contributed by atoms with Crippen LogP contribution in [0.5, 0.6) is 0 Å². The molecule has 0 bridgehead atoms. The molecule has 2 nitrogen and oxygen atoms in total. The fourth-order valence-corrected chi connectivity index (χ4v) is 3.88. The minimum atomic E-state index is -1.63. The molecule has 0 saturated heterocycles. The number of hydrogen-bond donors (Lipinski definition) is 0. The molecule has 0 heterocycles. The number of hydrogen-bond acceptors (Lipinski definition) is 2. The van der Waals surface area contributed by atoms with Gasteiger partial charge in [-0.05, 0) is 17.7 Å². The molecule has 1 aromatic carbocycles. The molecule has 0 spiro atoms. The molecule has 0 aliphatic rings. The first kappa shape index (κ1) is 20.2. The quantitative estimate of drug-likeness (QED) is 0.192. The molecule has 0 radical (unpaired) electrons. The van der Waals surface area contributed by atoms with Crippen molar-refractivity contribution < 1.29 is 9.53 Å². The van der Waals surface area contributed by atoms with E-state index in [2.05, 4.69) is 0 Å². The van der Waals surface area contributed by atoms with Gasteiger partial charge in [0, 0.05) is 17.8 Å². The summed E-state index contributed by atoms with van der Waals surface area (Å²) in [4.78, 5) is 11.5. The van der Waals surface area contributed by atoms with Crippen LogP contribution in [0.15, 0.2) is 12.1 Å². The molecule has 0 aliphatic carbocycles. The third kappa shape index (κ3) is 5.63. The van der Waals surface area contributed by atoms with E-state index in [1.54, 1.807) is 12.1 Å². The summed E-state index contributed by atoms with van der Waals surface area (Å²) >= 11 is 37.7. The number of carbonyl (C=O) groups is 1. The molecule has 0 fully saturated rings. The van der Waals surface area contributed by atoms with Crippen molar-refractivity contribution in [1.29, 1.82) is 0 Å². The second-order valence-corrected chi connectivity index (χ2v) is 8.74. The number of esters is 1. The highest BCUT2D eigenvalue weighted by Crippen LogP contribution is 2.45. The van der Waals surface area contributed by atoms with E-state index in [1.165, 1.54) is 6.92 Å². The van der Waals surface area contributed by atoms with Crippen LogP contribution in [0.25, 0.3) is 0 Å². The average molecular weight is 525 g/mol. The molecule has 9 heteroatoms. The smallest absolute Gasteiger partial charge is 0.303 e. The number of halogens is 7. The molecule has 1 atom stereocenters. The predicted molar refractivity (Wildman–Crippen MR) is 98.7 cm³/mol. The number of carbonyl (C=O) groups excluding carboxylic acids is 1. The summed E-state index contributed by atoms with van der Waals surface area (Å²) in [6.45, 7) is 1.28. The highest BCUT2D eigenvalue weighted by atomic mass is 127. The first-order valence-corrected chi connectivity index (χ1v) is 9.27. The summed E-state index contributed by atoms with van der Waals surface area (Å²) in [5, 5.41) is 0.663. The Balaban J connectivity index is 3.45. The van der Waals surface area contributed by atoms with Crippen LogP contribution in [0.2, 0.25) is 15.1 Å². The van der Waals surface area contributed by atoms with E-state index in [0.29, 0.717) is 9.99 Å². The second-order valence-electron chi connectivity index (χ2n) is 4.27. The maximum atomic E-state index is 11.5. The van der Waals surface area contributed by atoms with E-state index in [4.69, 9.17) is 74.3 Å². The lowest BCUT2D eigenvalue weighted by Crippen LogP contribution is -2.37. The van der Waals surface area contributed by atoms with Crippen LogP contribution in [-0.2, 0) is 15.1 Å². The Labute approximate surface area is 166 Å². The van der Waals surface area contributed by atoms with Gasteiger partial charge in [-0.2, -0.15) is 0 Å². The minimum absolute atomic E-state index is 0.0541. The zero-order valence-corrected chi connectivity index (χ0v) is 17.2. The maximum absolute atomic E-state index is 11.5. The molecule has 0 aliphatic heterocycles. The third-order valence-corrected chi connectivity index (χ3v) is 5.38. The van der Waals surface area contributed by atoms with Gasteiger partial charge in [0.2, 0.25) is 0 Å². The lowest BCUT2D eigenvalue weighted by atomic mass is 9.92. The molecule has 0 N–H and O–H groups in total. The van der Waals surface area contributed by atoms with Crippen molar-refractivity contribution in [1.82, 2.24) is 0 Å². The Morgan fingerprint density at radius 3 is 2.00 bits per heavy atom. The second kappa shape index (κ2) is 7.82. The van der Waals surface area contributed by atoms with Crippen LogP contribution < -0.4 is 0 Å². The normalized spacial score (nSPS) is 14.7. The predicted octanol–water partition coefficient (Wildman–Crippen LogP) is 6.60. The van der Waals surface area contributed by atoms with Gasteiger partial charge >= 0.3 is 5.97 Å². The molecule has 1 rings (SSSR count). The van der Waals surface area contributed by atoms with Crippen LogP contribution in [0.3, 0.4) is 0 Å². The van der Waals surface area contributed by atoms with E-state index in [9.17, 15) is 4.79 Å². The Bertz CT molecular complexity index is 522. The highest BCUT2D eigenvalue weighted by Gasteiger charge is 2.42. The van der Waals surface area contributed by atoms with Crippen molar-refractivity contribution in [3.63, 3.8) is 0 Å². The molecule has 0 saturated carbocycles. The molecule has 0 amide bonds. The van der Waals surface area contributed by atoms with Crippen molar-refractivity contribution in [3.8, 4) is 0 Å². The lowest BCUT2D eigenvalue weighted by Gasteiger charge is -2.34. The van der Waals surface area contributed by atoms with Gasteiger partial charge in [-0.1, -0.05) is 92.2 Å². The zero-order valence-electron chi connectivity index (χ0n) is 10.5. The fourth-order valence-electron chi connectivity index (χ4n) is 1.77. The van der Waals surface area contributed by atoms with Crippen LogP contribution in [0, 0.1) is 0 Å². The van der Waals surface area contributed by atoms with Gasteiger partial charge in [-0.15, -0.1) is 0 Å². The summed E-state index contributed by atoms with van der Waals surface area (Å²) in [6.07, 6.45) is -0.0541. The zero-order chi connectivity index (χ0) is 16.4. The average Bonchev–Trinajstić information content (AvgIpc) is 2.32. The highest BCUT2D eigenvalue weighted by molar-refractivity contribution is 14.1. The van der Waals surface area contributed by atoms with Crippen molar-refractivity contribution >= 4 is 98.2 Å². The Kier molecular flexibility index (Phi) is 7.53. The van der Waals surface area contributed by atoms with E-state index in [-0.39, 0.29) is 21.5 Å². The number of rotatable bonds is 4. The molecule has 0 aromatic heterocycles. The third-order valence-electron chi connectivity index (χ3n) is 2.55. The summed E-state index contributed by atoms with van der Waals surface area (Å²) in [5.74, 6) is -0.511. The maximum Gasteiger partial charge on any atom is 0.303 e. The first-order chi connectivity index (χ1) is 9.50. The lowest BCUT2D eigenvalue weighted by molar-refractivity contribution is -0.156. The van der Waals surface area contributed by atoms with E-state index in [0.717, 1.165) is 0 Å². The molecular weight excluding hydrogens is 516 g/mol. The van der Waals surface area contributed by atoms with E-state index < -0.39 is 15.4 Å². The summed E-state index contributed by atoms with van der Waals surface area (Å²) < 4.78 is 4.15. The van der Waals surface area contributed by atoms with E-state index >= 15 is 0 Å². The van der Waals surface area contributed by atoms with Gasteiger partial charge in [0.25, 0.3) is 0 Å². The van der Waals surface area contributed by atoms with Crippen molar-refractivity contribution in [3.05, 3.63) is 32.8 Å². The summed E-state index contributed by atoms with van der Waals surface area (Å²) in [7, 11) is 0. The van der Waals surface area contributed by atoms with E-state index in [1.807, 2.05) is 22.6 Å². The van der Waals surface area contributed by atoms with Crippen LogP contribution in [0.1, 0.15) is 18.9 Å². The Hall–Kier alpha value is 1.16. The first-order valence-electron chi connectivity index (χ1n) is 5.48. The number of benzene rings is 1. The van der Waals surface area contributed by atoms with Crippen molar-refractivity contribution in [2.45, 2.75) is 22.7 Å². The number of alkyl halides is 4. The topological polar surface area (TPSA) is 26.3 Å². The molecule has 1 unspecified atom stereocenters. The molecule has 118 valence electrons. The minimum Gasteiger partial charge on any atom is -0.453 e. The molecule has 1 aromatic rings. The van der Waals surface area contributed by atoms with Crippen LogP contribution in [0.4, 0.5) is 0 Å². The summed E-state index contributed by atoms with van der Waals surface area (Å²) in [5.41, 5.74) is -0.659. The van der Waals surface area contributed by atoms with Gasteiger partial charge in [0.15, 0.2) is 9.39 Å². The Morgan fingerprint density at radius 2 is 1.67 bits per heavy atom. The molecular formula is C12H9Cl6IO2. The van der Waals surface area contributed by atoms with Crippen molar-refractivity contribution in [2.75, 3.05) is 4.43 Å². The van der Waals surface area contributed by atoms with Crippen LogP contribution >= 0.6 is 92.2 Å². The SMILES string of the molecule is CC(=O)OC(CI)(CC(Cl)(Cl)Cl)c1cc(Cl)c(Cl)c(Cl)c1. The monoisotopic (exact) mass is 522 g/mol. The van der Waals surface area contributed by atoms with Gasteiger partial charge in [0.1, 0.15) is 0 Å². The Morgan fingerprint density at radius 1 is 1.19 bits per heavy atom. The van der Waals surface area contributed by atoms with Crippen molar-refractivity contribution in [2.24, 2.45) is 0 Å².